The molecule has 0 radical (unpaired) electrons. The summed E-state index contributed by atoms with van der Waals surface area (Å²) in [6.45, 7) is 3.79. The third-order valence-corrected chi connectivity index (χ3v) is 7.55. The molecule has 1 saturated heterocycles. The maximum atomic E-state index is 6.81. The van der Waals surface area contributed by atoms with Crippen LogP contribution in [-0.2, 0) is 9.47 Å². The van der Waals surface area contributed by atoms with Gasteiger partial charge in [0.15, 0.2) is 0 Å². The van der Waals surface area contributed by atoms with E-state index in [1.807, 2.05) is 0 Å². The summed E-state index contributed by atoms with van der Waals surface area (Å²) < 4.78 is 13.2. The van der Waals surface area contributed by atoms with Crippen molar-refractivity contribution in [2.45, 2.75) is 32.0 Å². The van der Waals surface area contributed by atoms with E-state index >= 15 is 0 Å². The number of benzene rings is 3. The zero-order chi connectivity index (χ0) is 21.5. The Hall–Kier alpha value is -2.68. The number of fused-ring (bicyclic) bond motifs is 1. The predicted octanol–water partition coefficient (Wildman–Crippen LogP) is 6.93. The van der Waals surface area contributed by atoms with E-state index in [-0.39, 0.29) is 17.6 Å². The highest BCUT2D eigenvalue weighted by Gasteiger charge is 2.69. The van der Waals surface area contributed by atoms with Gasteiger partial charge in [0.1, 0.15) is 0 Å². The molecule has 3 aromatic carbocycles. The Balaban J connectivity index is 1.25. The molecule has 1 heterocycles. The van der Waals surface area contributed by atoms with E-state index in [1.54, 1.807) is 0 Å². The lowest BCUT2D eigenvalue weighted by Crippen LogP contribution is -2.25. The standard InChI is InChI=1S/C30H30O2/c1-21-9-8-14-24(15-21)29-30(18-27(30)20-32-29)28(23-12-6-3-7-13-23)31-19-26-17-25(26)16-22-10-4-2-5-11-22/h2-16,26-29H,17-20H2,1H3/b25-16+/t26?,27?,28-,29-,30?/m0/s1. The molecule has 3 aliphatic rings. The SMILES string of the molecule is Cc1cccc([C@@H]2OCC3CC32[C@@H](OCC2C/C2=C\c2ccccc2)c2ccccc2)c1. The van der Waals surface area contributed by atoms with Crippen molar-refractivity contribution in [3.05, 3.63) is 113 Å². The van der Waals surface area contributed by atoms with Crippen molar-refractivity contribution in [3.63, 3.8) is 0 Å². The van der Waals surface area contributed by atoms with Crippen molar-refractivity contribution in [1.29, 1.82) is 0 Å². The van der Waals surface area contributed by atoms with Crippen LogP contribution >= 0.6 is 0 Å². The van der Waals surface area contributed by atoms with Gasteiger partial charge in [-0.1, -0.05) is 102 Å². The molecule has 162 valence electrons. The maximum absolute atomic E-state index is 6.81. The fourth-order valence-corrected chi connectivity index (χ4v) is 5.70. The first kappa shape index (κ1) is 20.0. The zero-order valence-electron chi connectivity index (χ0n) is 18.6. The van der Waals surface area contributed by atoms with Crippen LogP contribution in [0.15, 0.2) is 90.5 Å². The molecule has 0 spiro atoms. The molecule has 0 N–H and O–H groups in total. The van der Waals surface area contributed by atoms with Crippen molar-refractivity contribution in [2.24, 2.45) is 17.3 Å². The molecular weight excluding hydrogens is 392 g/mol. The Morgan fingerprint density at radius 3 is 2.53 bits per heavy atom. The highest BCUT2D eigenvalue weighted by Crippen LogP contribution is 2.72. The summed E-state index contributed by atoms with van der Waals surface area (Å²) in [6, 6.07) is 30.3. The Morgan fingerprint density at radius 1 is 1.00 bits per heavy atom. The van der Waals surface area contributed by atoms with Crippen LogP contribution in [0.25, 0.3) is 6.08 Å². The monoisotopic (exact) mass is 422 g/mol. The Kier molecular flexibility index (Phi) is 5.01. The largest absolute Gasteiger partial charge is 0.373 e. The van der Waals surface area contributed by atoms with Gasteiger partial charge in [0.05, 0.1) is 25.4 Å². The van der Waals surface area contributed by atoms with Crippen LogP contribution in [0.5, 0.6) is 0 Å². The van der Waals surface area contributed by atoms with Gasteiger partial charge in [-0.2, -0.15) is 0 Å². The van der Waals surface area contributed by atoms with Gasteiger partial charge in [0, 0.05) is 11.3 Å². The average Bonchev–Trinajstić information content (AvgIpc) is 3.71. The van der Waals surface area contributed by atoms with Gasteiger partial charge in [-0.15, -0.1) is 0 Å². The second kappa shape index (κ2) is 8.03. The number of ether oxygens (including phenoxy) is 2. The first-order valence-electron chi connectivity index (χ1n) is 11.8. The number of aryl methyl sites for hydroxylation is 1. The molecule has 6 rings (SSSR count). The van der Waals surface area contributed by atoms with Gasteiger partial charge in [-0.25, -0.2) is 0 Å². The zero-order valence-corrected chi connectivity index (χ0v) is 18.6. The quantitative estimate of drug-likeness (QED) is 0.411. The third kappa shape index (κ3) is 3.62. The molecule has 5 atom stereocenters. The Labute approximate surface area is 190 Å². The lowest BCUT2D eigenvalue weighted by Gasteiger charge is -2.32. The summed E-state index contributed by atoms with van der Waals surface area (Å²) >= 11 is 0. The highest BCUT2D eigenvalue weighted by atomic mass is 16.5. The summed E-state index contributed by atoms with van der Waals surface area (Å²) in [5.41, 5.74) is 6.71. The summed E-state index contributed by atoms with van der Waals surface area (Å²) in [5.74, 6) is 1.12. The second-order valence-electron chi connectivity index (χ2n) is 9.80. The summed E-state index contributed by atoms with van der Waals surface area (Å²) in [4.78, 5) is 0. The normalized spacial score (nSPS) is 30.2. The van der Waals surface area contributed by atoms with Crippen molar-refractivity contribution in [2.75, 3.05) is 13.2 Å². The molecule has 2 saturated carbocycles. The van der Waals surface area contributed by atoms with Gasteiger partial charge in [-0.3, -0.25) is 0 Å². The fourth-order valence-electron chi connectivity index (χ4n) is 5.70. The van der Waals surface area contributed by atoms with E-state index in [4.69, 9.17) is 9.47 Å². The number of rotatable bonds is 7. The molecule has 3 unspecified atom stereocenters. The molecule has 2 nitrogen and oxygen atoms in total. The molecule has 3 aromatic rings. The molecule has 0 amide bonds. The smallest absolute Gasteiger partial charge is 0.0913 e. The van der Waals surface area contributed by atoms with Crippen LogP contribution < -0.4 is 0 Å². The summed E-state index contributed by atoms with van der Waals surface area (Å²) in [6.07, 6.45) is 4.84. The molecule has 32 heavy (non-hydrogen) atoms. The summed E-state index contributed by atoms with van der Waals surface area (Å²) in [5, 5.41) is 0. The van der Waals surface area contributed by atoms with Crippen molar-refractivity contribution in [3.8, 4) is 0 Å². The molecular formula is C30H30O2. The van der Waals surface area contributed by atoms with E-state index in [0.717, 1.165) is 19.6 Å². The lowest BCUT2D eigenvalue weighted by molar-refractivity contribution is -0.0530. The van der Waals surface area contributed by atoms with Gasteiger partial charge >= 0.3 is 0 Å². The predicted molar refractivity (Wildman–Crippen MR) is 128 cm³/mol. The van der Waals surface area contributed by atoms with Crippen LogP contribution in [-0.4, -0.2) is 13.2 Å². The van der Waals surface area contributed by atoms with E-state index in [9.17, 15) is 0 Å². The van der Waals surface area contributed by atoms with Gasteiger partial charge in [-0.05, 0) is 42.4 Å². The van der Waals surface area contributed by atoms with Gasteiger partial charge in [0.25, 0.3) is 0 Å². The maximum Gasteiger partial charge on any atom is 0.0913 e. The van der Waals surface area contributed by atoms with E-state index in [0.29, 0.717) is 11.8 Å². The molecule has 3 fully saturated rings. The molecule has 2 aliphatic carbocycles. The van der Waals surface area contributed by atoms with Crippen LogP contribution in [0, 0.1) is 24.2 Å². The topological polar surface area (TPSA) is 18.5 Å². The first-order valence-corrected chi connectivity index (χ1v) is 11.8. The molecule has 1 aliphatic heterocycles. The first-order chi connectivity index (χ1) is 15.7. The minimum atomic E-state index is 0.0490. The molecule has 0 aromatic heterocycles. The number of hydrogen-bond acceptors (Lipinski definition) is 2. The fraction of sp³-hybridized carbons (Fsp3) is 0.333. The van der Waals surface area contributed by atoms with E-state index < -0.39 is 0 Å². The average molecular weight is 423 g/mol. The minimum absolute atomic E-state index is 0.0490. The second-order valence-corrected chi connectivity index (χ2v) is 9.80. The minimum Gasteiger partial charge on any atom is -0.373 e. The Bertz CT molecular complexity index is 1120. The van der Waals surface area contributed by atoms with Crippen molar-refractivity contribution < 1.29 is 9.47 Å². The Morgan fingerprint density at radius 2 is 1.78 bits per heavy atom. The third-order valence-electron chi connectivity index (χ3n) is 7.55. The van der Waals surface area contributed by atoms with Crippen LogP contribution in [0.4, 0.5) is 0 Å². The highest BCUT2D eigenvalue weighted by molar-refractivity contribution is 5.57. The summed E-state index contributed by atoms with van der Waals surface area (Å²) in [7, 11) is 0. The van der Waals surface area contributed by atoms with E-state index in [1.165, 1.54) is 34.2 Å². The van der Waals surface area contributed by atoms with Gasteiger partial charge < -0.3 is 9.47 Å². The molecule has 0 bridgehead atoms. The lowest BCUT2D eigenvalue weighted by atomic mass is 9.83. The number of hydrogen-bond donors (Lipinski definition) is 0. The van der Waals surface area contributed by atoms with Crippen LogP contribution in [0.1, 0.15) is 47.3 Å². The van der Waals surface area contributed by atoms with Crippen LogP contribution in [0.2, 0.25) is 0 Å². The van der Waals surface area contributed by atoms with E-state index in [2.05, 4.69) is 97.9 Å². The van der Waals surface area contributed by atoms with Crippen molar-refractivity contribution in [1.82, 2.24) is 0 Å². The molecule has 2 heteroatoms. The van der Waals surface area contributed by atoms with Gasteiger partial charge in [0.2, 0.25) is 0 Å². The van der Waals surface area contributed by atoms with Crippen LogP contribution in [0.3, 0.4) is 0 Å². The van der Waals surface area contributed by atoms with Crippen molar-refractivity contribution >= 4 is 6.08 Å².